The van der Waals surface area contributed by atoms with E-state index >= 15 is 0 Å². The zero-order chi connectivity index (χ0) is 23.5. The monoisotopic (exact) mass is 466 g/mol. The molecular formula is C30H30N2O3. The molecule has 4 atom stereocenters. The van der Waals surface area contributed by atoms with Crippen molar-refractivity contribution in [1.82, 2.24) is 9.88 Å². The first-order valence-electron chi connectivity index (χ1n) is 13.0. The van der Waals surface area contributed by atoms with Crippen molar-refractivity contribution < 1.29 is 14.9 Å². The molecule has 2 aliphatic heterocycles. The van der Waals surface area contributed by atoms with Crippen molar-refractivity contribution in [2.45, 2.75) is 62.2 Å². The molecule has 1 unspecified atom stereocenters. The highest BCUT2D eigenvalue weighted by Gasteiger charge is 2.73. The fraction of sp³-hybridized carbons (Fsp3) is 0.433. The summed E-state index contributed by atoms with van der Waals surface area (Å²) < 4.78 is 6.68. The maximum Gasteiger partial charge on any atom is 0.166 e. The Morgan fingerprint density at radius 3 is 2.77 bits per heavy atom. The smallest absolute Gasteiger partial charge is 0.166 e. The normalized spacial score (nSPS) is 32.1. The van der Waals surface area contributed by atoms with Gasteiger partial charge in [0.15, 0.2) is 17.6 Å². The summed E-state index contributed by atoms with van der Waals surface area (Å²) in [4.78, 5) is 7.63. The minimum atomic E-state index is -0.982. The van der Waals surface area contributed by atoms with Crippen LogP contribution in [0.2, 0.25) is 0 Å². The van der Waals surface area contributed by atoms with Crippen molar-refractivity contribution >= 4 is 0 Å². The third-order valence-corrected chi connectivity index (χ3v) is 9.58. The Labute approximate surface area is 205 Å². The van der Waals surface area contributed by atoms with Crippen molar-refractivity contribution in [3.05, 3.63) is 76.6 Å². The quantitative estimate of drug-likeness (QED) is 0.597. The van der Waals surface area contributed by atoms with E-state index < -0.39 is 17.1 Å². The first kappa shape index (κ1) is 20.3. The fourth-order valence-corrected chi connectivity index (χ4v) is 7.92. The van der Waals surface area contributed by atoms with Gasteiger partial charge < -0.3 is 14.9 Å². The van der Waals surface area contributed by atoms with Crippen LogP contribution >= 0.6 is 0 Å². The Morgan fingerprint density at radius 2 is 1.97 bits per heavy atom. The summed E-state index contributed by atoms with van der Waals surface area (Å²) >= 11 is 0. The summed E-state index contributed by atoms with van der Waals surface area (Å²) in [6.45, 7) is 4.06. The Morgan fingerprint density at radius 1 is 1.14 bits per heavy atom. The number of hydrogen-bond donors (Lipinski definition) is 2. The number of piperidine rings is 1. The molecule has 1 spiro atoms. The molecule has 1 saturated carbocycles. The van der Waals surface area contributed by atoms with E-state index in [1.165, 1.54) is 18.4 Å². The molecule has 5 nitrogen and oxygen atoms in total. The summed E-state index contributed by atoms with van der Waals surface area (Å²) in [7, 11) is 0. The molecule has 2 aromatic carbocycles. The van der Waals surface area contributed by atoms with E-state index in [1.54, 1.807) is 6.07 Å². The molecule has 3 aromatic rings. The van der Waals surface area contributed by atoms with Crippen LogP contribution in [-0.2, 0) is 18.3 Å². The van der Waals surface area contributed by atoms with Crippen molar-refractivity contribution in [2.24, 2.45) is 5.92 Å². The number of pyridine rings is 1. The molecule has 35 heavy (non-hydrogen) atoms. The summed E-state index contributed by atoms with van der Waals surface area (Å²) in [5.74, 6) is 1.50. The van der Waals surface area contributed by atoms with E-state index in [9.17, 15) is 10.2 Å². The van der Waals surface area contributed by atoms with Crippen molar-refractivity contribution in [3.63, 3.8) is 0 Å². The van der Waals surface area contributed by atoms with Crippen LogP contribution in [0.3, 0.4) is 0 Å². The van der Waals surface area contributed by atoms with Gasteiger partial charge in [0.2, 0.25) is 0 Å². The van der Waals surface area contributed by atoms with Gasteiger partial charge in [-0.3, -0.25) is 9.88 Å². The molecule has 1 aromatic heterocycles. The Kier molecular flexibility index (Phi) is 3.86. The maximum atomic E-state index is 13.0. The van der Waals surface area contributed by atoms with Crippen molar-refractivity contribution in [2.75, 3.05) is 13.1 Å². The second kappa shape index (κ2) is 6.65. The van der Waals surface area contributed by atoms with Gasteiger partial charge in [-0.25, -0.2) is 0 Å². The second-order valence-corrected chi connectivity index (χ2v) is 11.5. The summed E-state index contributed by atoms with van der Waals surface area (Å²) in [6.07, 6.45) is 4.37. The molecule has 2 fully saturated rings. The lowest BCUT2D eigenvalue weighted by Crippen LogP contribution is -2.74. The number of rotatable bonds is 3. The summed E-state index contributed by atoms with van der Waals surface area (Å²) in [6, 6.07) is 16.5. The number of nitrogens with zero attached hydrogens (tertiary/aromatic N) is 2. The molecule has 5 heteroatoms. The highest BCUT2D eigenvalue weighted by Crippen LogP contribution is 2.69. The second-order valence-electron chi connectivity index (χ2n) is 11.5. The zero-order valence-corrected chi connectivity index (χ0v) is 20.0. The van der Waals surface area contributed by atoms with Gasteiger partial charge in [-0.1, -0.05) is 36.4 Å². The van der Waals surface area contributed by atoms with Gasteiger partial charge in [0.25, 0.3) is 0 Å². The minimum absolute atomic E-state index is 0.0315. The highest BCUT2D eigenvalue weighted by atomic mass is 16.5. The number of benzene rings is 2. The summed E-state index contributed by atoms with van der Waals surface area (Å²) in [5, 5.41) is 23.8. The number of fused-ring (bicyclic) bond motifs is 2. The maximum absolute atomic E-state index is 13.0. The SMILES string of the molecule is Cc1cc(-c2ccccc2)c2c(n1)C1Oc3c(O)ccc4c3[C@@]13CCN(CC1CC1)[C@H](C4)[C@]3(O)C2. The van der Waals surface area contributed by atoms with E-state index in [-0.39, 0.29) is 11.8 Å². The number of phenols is 1. The van der Waals surface area contributed by atoms with E-state index in [2.05, 4.69) is 41.3 Å². The molecular weight excluding hydrogens is 436 g/mol. The van der Waals surface area contributed by atoms with E-state index in [1.807, 2.05) is 13.0 Å². The molecule has 0 amide bonds. The van der Waals surface area contributed by atoms with E-state index in [0.29, 0.717) is 12.2 Å². The number of ether oxygens (including phenoxy) is 1. The lowest BCUT2D eigenvalue weighted by atomic mass is 9.48. The van der Waals surface area contributed by atoms with Gasteiger partial charge in [-0.15, -0.1) is 0 Å². The Bertz CT molecular complexity index is 1380. The van der Waals surface area contributed by atoms with Gasteiger partial charge in [-0.05, 0) is 79.5 Å². The van der Waals surface area contributed by atoms with Gasteiger partial charge in [0.1, 0.15) is 0 Å². The standard InChI is InChI=1S/C30H30N2O3/c1-17-13-21(19-5-3-2-4-6-19)22-15-30(34)24-14-20-9-10-23(33)27-25(20)29(30,28(35-27)26(22)31-17)11-12-32(24)16-18-7-8-18/h2-6,9-10,13,18,24,28,33-34H,7-8,11-12,14-16H2,1H3/t24-,28?,29+,30-/m1/s1. The highest BCUT2D eigenvalue weighted by molar-refractivity contribution is 5.72. The molecule has 5 aliphatic rings. The third kappa shape index (κ3) is 2.48. The summed E-state index contributed by atoms with van der Waals surface area (Å²) in [5.41, 5.74) is 5.96. The van der Waals surface area contributed by atoms with Crippen LogP contribution in [0.15, 0.2) is 48.5 Å². The van der Waals surface area contributed by atoms with E-state index in [0.717, 1.165) is 65.5 Å². The number of phenolic OH excluding ortho intramolecular Hbond substituents is 1. The molecule has 178 valence electrons. The number of aryl methyl sites for hydroxylation is 1. The molecule has 2 N–H and O–H groups in total. The first-order chi connectivity index (χ1) is 17.0. The molecule has 1 saturated heterocycles. The molecule has 0 radical (unpaired) electrons. The number of likely N-dealkylation sites (tertiary alicyclic amines) is 1. The van der Waals surface area contributed by atoms with Gasteiger partial charge >= 0.3 is 0 Å². The average Bonchev–Trinajstić information content (AvgIpc) is 3.59. The van der Waals surface area contributed by atoms with Crippen LogP contribution in [0.25, 0.3) is 11.1 Å². The van der Waals surface area contributed by atoms with Crippen molar-refractivity contribution in [3.8, 4) is 22.6 Å². The van der Waals surface area contributed by atoms with Crippen LogP contribution in [0.1, 0.15) is 53.4 Å². The van der Waals surface area contributed by atoms with E-state index in [4.69, 9.17) is 9.72 Å². The number of aromatic nitrogens is 1. The van der Waals surface area contributed by atoms with Crippen molar-refractivity contribution in [1.29, 1.82) is 0 Å². The predicted octanol–water partition coefficient (Wildman–Crippen LogP) is 4.46. The lowest BCUT2D eigenvalue weighted by Gasteiger charge is -2.63. The third-order valence-electron chi connectivity index (χ3n) is 9.58. The molecule has 3 heterocycles. The molecule has 2 bridgehead atoms. The topological polar surface area (TPSA) is 65.8 Å². The van der Waals surface area contributed by atoms with Crippen LogP contribution < -0.4 is 4.74 Å². The minimum Gasteiger partial charge on any atom is -0.504 e. The number of hydrogen-bond acceptors (Lipinski definition) is 5. The Balaban J connectivity index is 1.40. The average molecular weight is 467 g/mol. The van der Waals surface area contributed by atoms with Gasteiger partial charge in [-0.2, -0.15) is 0 Å². The largest absolute Gasteiger partial charge is 0.504 e. The molecule has 8 rings (SSSR count). The zero-order valence-electron chi connectivity index (χ0n) is 20.0. The van der Waals surface area contributed by atoms with Gasteiger partial charge in [0.05, 0.1) is 16.7 Å². The molecule has 3 aliphatic carbocycles. The van der Waals surface area contributed by atoms with Crippen LogP contribution in [0.4, 0.5) is 0 Å². The Hall–Kier alpha value is -2.89. The van der Waals surface area contributed by atoms with Crippen LogP contribution in [-0.4, -0.2) is 44.8 Å². The fourth-order valence-electron chi connectivity index (χ4n) is 7.92. The van der Waals surface area contributed by atoms with Gasteiger partial charge in [0, 0.05) is 30.3 Å². The lowest BCUT2D eigenvalue weighted by molar-refractivity contribution is -0.173. The van der Waals surface area contributed by atoms with Crippen LogP contribution in [0.5, 0.6) is 11.5 Å². The predicted molar refractivity (Wildman–Crippen MR) is 133 cm³/mol. The van der Waals surface area contributed by atoms with Crippen LogP contribution in [0, 0.1) is 12.8 Å². The number of aliphatic hydroxyl groups is 1. The first-order valence-corrected chi connectivity index (χ1v) is 13.0. The number of aromatic hydroxyl groups is 1.